The fourth-order valence-electron chi connectivity index (χ4n) is 1.96. The number of benzene rings is 1. The van der Waals surface area contributed by atoms with Gasteiger partial charge >= 0.3 is 5.69 Å². The first-order valence-corrected chi connectivity index (χ1v) is 6.16. The second kappa shape index (κ2) is 6.12. The van der Waals surface area contributed by atoms with Gasteiger partial charge in [-0.2, -0.15) is 0 Å². The molecule has 0 amide bonds. The molecule has 7 nitrogen and oxygen atoms in total. The lowest BCUT2D eigenvalue weighted by Gasteiger charge is -2.18. The maximum Gasteiger partial charge on any atom is 0.353 e. The number of hydrogen-bond donors (Lipinski definition) is 1. The van der Waals surface area contributed by atoms with Crippen LogP contribution in [-0.2, 0) is 6.54 Å². The van der Waals surface area contributed by atoms with E-state index in [0.717, 1.165) is 0 Å². The Kier molecular flexibility index (Phi) is 4.27. The summed E-state index contributed by atoms with van der Waals surface area (Å²) in [6, 6.07) is 6.26. The normalized spacial score (nSPS) is 10.2. The quantitative estimate of drug-likeness (QED) is 0.671. The Bertz CT molecular complexity index is 665. The average molecular weight is 291 g/mol. The molecular formula is C13H14FN5O2. The molecule has 0 aliphatic rings. The molecule has 1 aromatic carbocycles. The molecule has 0 radical (unpaired) electrons. The highest BCUT2D eigenvalue weighted by Crippen LogP contribution is 2.31. The maximum atomic E-state index is 13.7. The standard InChI is InChI=1S/C13H14FN5O2/c1-15-12-11(19(20)21)13(17-8-16-12)18(2)7-9-5-3-4-6-10(9)14/h3-6,8H,7H2,1-2H3,(H,15,16,17). The molecular weight excluding hydrogens is 277 g/mol. The molecule has 0 unspecified atom stereocenters. The fraction of sp³-hybridized carbons (Fsp3) is 0.231. The van der Waals surface area contributed by atoms with Crippen molar-refractivity contribution in [1.29, 1.82) is 0 Å². The topological polar surface area (TPSA) is 84.2 Å². The van der Waals surface area contributed by atoms with Crippen LogP contribution < -0.4 is 10.2 Å². The van der Waals surface area contributed by atoms with Crippen molar-refractivity contribution < 1.29 is 9.31 Å². The minimum absolute atomic E-state index is 0.116. The van der Waals surface area contributed by atoms with Gasteiger partial charge in [0, 0.05) is 26.2 Å². The molecule has 0 bridgehead atoms. The predicted molar refractivity (Wildman–Crippen MR) is 76.7 cm³/mol. The van der Waals surface area contributed by atoms with Crippen LogP contribution in [0.4, 0.5) is 21.7 Å². The molecule has 8 heteroatoms. The molecule has 2 aromatic rings. The van der Waals surface area contributed by atoms with E-state index in [4.69, 9.17) is 0 Å². The lowest BCUT2D eigenvalue weighted by atomic mass is 10.2. The lowest BCUT2D eigenvalue weighted by Crippen LogP contribution is -2.20. The van der Waals surface area contributed by atoms with Crippen LogP contribution in [0.5, 0.6) is 0 Å². The Morgan fingerprint density at radius 1 is 1.38 bits per heavy atom. The smallest absolute Gasteiger partial charge is 0.353 e. The van der Waals surface area contributed by atoms with Gasteiger partial charge in [-0.05, 0) is 6.07 Å². The summed E-state index contributed by atoms with van der Waals surface area (Å²) in [6.07, 6.45) is 1.23. The number of nitro groups is 1. The van der Waals surface area contributed by atoms with Gasteiger partial charge in [-0.25, -0.2) is 14.4 Å². The summed E-state index contributed by atoms with van der Waals surface area (Å²) in [6.45, 7) is 0.160. The first-order chi connectivity index (χ1) is 10.0. The highest BCUT2D eigenvalue weighted by atomic mass is 19.1. The Labute approximate surface area is 120 Å². The summed E-state index contributed by atoms with van der Waals surface area (Å²) >= 11 is 0. The highest BCUT2D eigenvalue weighted by Gasteiger charge is 2.25. The van der Waals surface area contributed by atoms with E-state index in [2.05, 4.69) is 15.3 Å². The SMILES string of the molecule is CNc1ncnc(N(C)Cc2ccccc2F)c1[N+](=O)[O-]. The van der Waals surface area contributed by atoms with E-state index in [1.165, 1.54) is 24.3 Å². The lowest BCUT2D eigenvalue weighted by molar-refractivity contribution is -0.383. The second-order valence-electron chi connectivity index (χ2n) is 4.35. The van der Waals surface area contributed by atoms with Gasteiger partial charge in [0.25, 0.3) is 0 Å². The number of anilines is 2. The van der Waals surface area contributed by atoms with Crippen molar-refractivity contribution >= 4 is 17.3 Å². The third-order valence-electron chi connectivity index (χ3n) is 2.95. The summed E-state index contributed by atoms with van der Waals surface area (Å²) < 4.78 is 13.7. The van der Waals surface area contributed by atoms with Crippen LogP contribution in [0.15, 0.2) is 30.6 Å². The maximum absolute atomic E-state index is 13.7. The number of rotatable bonds is 5. The predicted octanol–water partition coefficient (Wildman–Crippen LogP) is 2.20. The van der Waals surface area contributed by atoms with Crippen LogP contribution in [0, 0.1) is 15.9 Å². The molecule has 21 heavy (non-hydrogen) atoms. The molecule has 0 spiro atoms. The first-order valence-electron chi connectivity index (χ1n) is 6.16. The monoisotopic (exact) mass is 291 g/mol. The van der Waals surface area contributed by atoms with Gasteiger partial charge < -0.3 is 10.2 Å². The third kappa shape index (κ3) is 3.04. The summed E-state index contributed by atoms with van der Waals surface area (Å²) in [5.41, 5.74) is 0.192. The van der Waals surface area contributed by atoms with Crippen molar-refractivity contribution in [2.24, 2.45) is 0 Å². The van der Waals surface area contributed by atoms with Crippen molar-refractivity contribution in [1.82, 2.24) is 9.97 Å². The molecule has 0 aliphatic carbocycles. The van der Waals surface area contributed by atoms with E-state index >= 15 is 0 Å². The molecule has 110 valence electrons. The van der Waals surface area contributed by atoms with Crippen LogP contribution >= 0.6 is 0 Å². The Hall–Kier alpha value is -2.77. The summed E-state index contributed by atoms with van der Waals surface area (Å²) in [5.74, 6) is -0.122. The van der Waals surface area contributed by atoms with E-state index < -0.39 is 4.92 Å². The molecule has 0 aliphatic heterocycles. The van der Waals surface area contributed by atoms with Gasteiger partial charge in [0.1, 0.15) is 12.1 Å². The van der Waals surface area contributed by atoms with Crippen molar-refractivity contribution in [3.63, 3.8) is 0 Å². The molecule has 1 N–H and O–H groups in total. The minimum Gasteiger partial charge on any atom is -0.367 e. The number of hydrogen-bond acceptors (Lipinski definition) is 6. The minimum atomic E-state index is -0.557. The van der Waals surface area contributed by atoms with Crippen molar-refractivity contribution in [2.75, 3.05) is 24.3 Å². The number of halogens is 1. The van der Waals surface area contributed by atoms with Gasteiger partial charge in [0.2, 0.25) is 11.6 Å². The van der Waals surface area contributed by atoms with Crippen LogP contribution in [0.2, 0.25) is 0 Å². The molecule has 2 rings (SSSR count). The number of nitrogens with zero attached hydrogens (tertiary/aromatic N) is 4. The average Bonchev–Trinajstić information content (AvgIpc) is 2.48. The van der Waals surface area contributed by atoms with Crippen molar-refractivity contribution in [3.05, 3.63) is 52.1 Å². The molecule has 0 saturated heterocycles. The zero-order chi connectivity index (χ0) is 15.4. The van der Waals surface area contributed by atoms with Gasteiger partial charge in [-0.1, -0.05) is 18.2 Å². The van der Waals surface area contributed by atoms with Crippen molar-refractivity contribution in [2.45, 2.75) is 6.54 Å². The molecule has 0 fully saturated rings. The Morgan fingerprint density at radius 3 is 2.71 bits per heavy atom. The van der Waals surface area contributed by atoms with E-state index in [9.17, 15) is 14.5 Å². The molecule has 0 atom stereocenters. The van der Waals surface area contributed by atoms with Crippen molar-refractivity contribution in [3.8, 4) is 0 Å². The van der Waals surface area contributed by atoms with Gasteiger partial charge in [0.05, 0.1) is 4.92 Å². The Morgan fingerprint density at radius 2 is 2.10 bits per heavy atom. The molecule has 0 saturated carbocycles. The summed E-state index contributed by atoms with van der Waals surface area (Å²) in [7, 11) is 3.15. The van der Waals surface area contributed by atoms with E-state index in [1.807, 2.05) is 0 Å². The summed E-state index contributed by atoms with van der Waals surface area (Å²) in [5, 5.41) is 13.9. The van der Waals surface area contributed by atoms with Gasteiger partial charge in [-0.15, -0.1) is 0 Å². The Balaban J connectivity index is 2.37. The highest BCUT2D eigenvalue weighted by molar-refractivity contribution is 5.69. The van der Waals surface area contributed by atoms with E-state index in [1.54, 1.807) is 25.2 Å². The van der Waals surface area contributed by atoms with E-state index in [-0.39, 0.29) is 29.7 Å². The molecule has 1 heterocycles. The summed E-state index contributed by atoms with van der Waals surface area (Å²) in [4.78, 5) is 19.9. The molecule has 1 aromatic heterocycles. The van der Waals surface area contributed by atoms with Crippen LogP contribution in [0.3, 0.4) is 0 Å². The number of nitrogens with one attached hydrogen (secondary N) is 1. The number of aromatic nitrogens is 2. The van der Waals surface area contributed by atoms with Crippen LogP contribution in [0.1, 0.15) is 5.56 Å². The zero-order valence-electron chi connectivity index (χ0n) is 11.6. The van der Waals surface area contributed by atoms with E-state index in [0.29, 0.717) is 5.56 Å². The van der Waals surface area contributed by atoms with Crippen LogP contribution in [0.25, 0.3) is 0 Å². The van der Waals surface area contributed by atoms with Crippen LogP contribution in [-0.4, -0.2) is 29.0 Å². The van der Waals surface area contributed by atoms with Gasteiger partial charge in [-0.3, -0.25) is 10.1 Å². The fourth-order valence-corrected chi connectivity index (χ4v) is 1.96. The second-order valence-corrected chi connectivity index (χ2v) is 4.35. The zero-order valence-corrected chi connectivity index (χ0v) is 11.6. The third-order valence-corrected chi connectivity index (χ3v) is 2.95. The van der Waals surface area contributed by atoms with Gasteiger partial charge in [0.15, 0.2) is 0 Å². The first kappa shape index (κ1) is 14.6. The largest absolute Gasteiger partial charge is 0.367 e.